The molecule has 134 valence electrons. The Morgan fingerprint density at radius 3 is 2.46 bits per heavy atom. The van der Waals surface area contributed by atoms with Gasteiger partial charge >= 0.3 is 0 Å². The van der Waals surface area contributed by atoms with Crippen molar-refractivity contribution < 1.29 is 0 Å². The topological polar surface area (TPSA) is 46.5 Å². The third-order valence-electron chi connectivity index (χ3n) is 5.19. The zero-order valence-corrected chi connectivity index (χ0v) is 16.2. The molecule has 0 amide bonds. The summed E-state index contributed by atoms with van der Waals surface area (Å²) in [4.78, 5) is 12.5. The van der Waals surface area contributed by atoms with Crippen molar-refractivity contribution in [3.8, 4) is 0 Å². The van der Waals surface area contributed by atoms with Crippen LogP contribution in [0.5, 0.6) is 0 Å². The second-order valence-electron chi connectivity index (χ2n) is 8.74. The van der Waals surface area contributed by atoms with Crippen molar-refractivity contribution in [2.75, 3.05) is 0 Å². The molecule has 0 atom stereocenters. The molecule has 26 heavy (non-hydrogen) atoms. The lowest BCUT2D eigenvalue weighted by molar-refractivity contribution is 0.408. The first-order valence-corrected chi connectivity index (χ1v) is 9.15. The van der Waals surface area contributed by atoms with E-state index in [1.807, 2.05) is 6.33 Å². The van der Waals surface area contributed by atoms with Gasteiger partial charge in [0, 0.05) is 5.54 Å². The van der Waals surface area contributed by atoms with E-state index in [2.05, 4.69) is 85.6 Å². The largest absolute Gasteiger partial charge is 0.345 e. The lowest BCUT2D eigenvalue weighted by Crippen LogP contribution is -2.22. The highest BCUT2D eigenvalue weighted by molar-refractivity contribution is 5.81. The number of fused-ring (bicyclic) bond motifs is 2. The van der Waals surface area contributed by atoms with Crippen molar-refractivity contribution in [3.05, 3.63) is 60.2 Å². The second-order valence-corrected chi connectivity index (χ2v) is 8.74. The lowest BCUT2D eigenvalue weighted by Gasteiger charge is -2.26. The molecule has 0 saturated heterocycles. The molecule has 0 saturated carbocycles. The fourth-order valence-corrected chi connectivity index (χ4v) is 3.86. The third-order valence-corrected chi connectivity index (χ3v) is 5.19. The average Bonchev–Trinajstić information content (AvgIpc) is 3.20. The number of benzene rings is 2. The average molecular weight is 346 g/mol. The minimum Gasteiger partial charge on any atom is -0.345 e. The number of nitrogens with zero attached hydrogens (tertiary/aromatic N) is 3. The minimum absolute atomic E-state index is 0.0174. The van der Waals surface area contributed by atoms with Crippen molar-refractivity contribution in [2.45, 2.75) is 52.0 Å². The molecular weight excluding hydrogens is 320 g/mol. The van der Waals surface area contributed by atoms with Gasteiger partial charge < -0.3 is 9.55 Å². The number of aromatic amines is 1. The molecule has 0 aliphatic carbocycles. The second kappa shape index (κ2) is 5.70. The van der Waals surface area contributed by atoms with Crippen LogP contribution >= 0.6 is 0 Å². The van der Waals surface area contributed by atoms with E-state index in [4.69, 9.17) is 4.98 Å². The first-order valence-electron chi connectivity index (χ1n) is 9.15. The van der Waals surface area contributed by atoms with Crippen molar-refractivity contribution in [3.63, 3.8) is 0 Å². The van der Waals surface area contributed by atoms with Gasteiger partial charge in [-0.3, -0.25) is 0 Å². The van der Waals surface area contributed by atoms with E-state index in [0.717, 1.165) is 23.0 Å². The quantitative estimate of drug-likeness (QED) is 0.555. The van der Waals surface area contributed by atoms with E-state index in [0.29, 0.717) is 0 Å². The van der Waals surface area contributed by atoms with Crippen LogP contribution in [0, 0.1) is 0 Å². The molecule has 4 rings (SSSR count). The summed E-state index contributed by atoms with van der Waals surface area (Å²) in [5.41, 5.74) is 6.97. The predicted molar refractivity (Wildman–Crippen MR) is 108 cm³/mol. The highest BCUT2D eigenvalue weighted by Gasteiger charge is 2.26. The van der Waals surface area contributed by atoms with Crippen LogP contribution < -0.4 is 0 Å². The van der Waals surface area contributed by atoms with Gasteiger partial charge in [-0.1, -0.05) is 38.1 Å². The molecule has 2 aromatic carbocycles. The predicted octanol–water partition coefficient (Wildman–Crippen LogP) is 5.19. The Hall–Kier alpha value is -2.62. The van der Waals surface area contributed by atoms with Crippen LogP contribution in [0.25, 0.3) is 22.1 Å². The van der Waals surface area contributed by atoms with Crippen molar-refractivity contribution in [1.82, 2.24) is 19.5 Å². The number of imidazole rings is 2. The number of H-pyrrole nitrogens is 1. The Balaban J connectivity index is 1.79. The zero-order chi connectivity index (χ0) is 18.5. The smallest absolute Gasteiger partial charge is 0.0963 e. The zero-order valence-electron chi connectivity index (χ0n) is 16.2. The Labute approximate surface area is 154 Å². The normalized spacial score (nSPS) is 13.0. The van der Waals surface area contributed by atoms with Gasteiger partial charge in [0.15, 0.2) is 0 Å². The van der Waals surface area contributed by atoms with Crippen LogP contribution in [0.3, 0.4) is 0 Å². The van der Waals surface area contributed by atoms with E-state index < -0.39 is 0 Å². The number of rotatable bonds is 3. The van der Waals surface area contributed by atoms with E-state index in [-0.39, 0.29) is 11.0 Å². The molecule has 0 bridgehead atoms. The van der Waals surface area contributed by atoms with Crippen LogP contribution in [0.1, 0.15) is 45.7 Å². The molecule has 4 heteroatoms. The first-order chi connectivity index (χ1) is 12.3. The van der Waals surface area contributed by atoms with Gasteiger partial charge in [0.2, 0.25) is 0 Å². The minimum atomic E-state index is -0.0471. The molecule has 4 aromatic rings. The molecule has 2 aromatic heterocycles. The Bertz CT molecular complexity index is 1080. The van der Waals surface area contributed by atoms with Crippen molar-refractivity contribution in [1.29, 1.82) is 0 Å². The third kappa shape index (κ3) is 2.70. The summed E-state index contributed by atoms with van der Waals surface area (Å²) in [7, 11) is 0. The molecule has 0 spiro atoms. The number of aromatic nitrogens is 4. The number of para-hydroxylation sites is 2. The molecular formula is C22H26N4. The summed E-state index contributed by atoms with van der Waals surface area (Å²) < 4.78 is 2.26. The highest BCUT2D eigenvalue weighted by Crippen LogP contribution is 2.34. The monoisotopic (exact) mass is 346 g/mol. The number of hydrogen-bond donors (Lipinski definition) is 1. The van der Waals surface area contributed by atoms with Gasteiger partial charge in [0.1, 0.15) is 0 Å². The van der Waals surface area contributed by atoms with Crippen LogP contribution in [0.4, 0.5) is 0 Å². The Morgan fingerprint density at radius 2 is 1.69 bits per heavy atom. The molecule has 4 nitrogen and oxygen atoms in total. The van der Waals surface area contributed by atoms with E-state index in [1.165, 1.54) is 16.6 Å². The summed E-state index contributed by atoms with van der Waals surface area (Å²) in [5.74, 6) is 0. The highest BCUT2D eigenvalue weighted by atomic mass is 15.1. The molecule has 1 N–H and O–H groups in total. The first kappa shape index (κ1) is 16.8. The van der Waals surface area contributed by atoms with E-state index >= 15 is 0 Å². The van der Waals surface area contributed by atoms with Crippen molar-refractivity contribution >= 4 is 22.1 Å². The lowest BCUT2D eigenvalue weighted by atomic mass is 9.78. The summed E-state index contributed by atoms with van der Waals surface area (Å²) in [5, 5.41) is 0. The van der Waals surface area contributed by atoms with Crippen LogP contribution in [0.2, 0.25) is 0 Å². The number of nitrogens with one attached hydrogen (secondary N) is 1. The van der Waals surface area contributed by atoms with Crippen LogP contribution in [0.15, 0.2) is 49.1 Å². The van der Waals surface area contributed by atoms with Gasteiger partial charge in [0.05, 0.1) is 34.7 Å². The maximum absolute atomic E-state index is 4.76. The summed E-state index contributed by atoms with van der Waals surface area (Å²) >= 11 is 0. The van der Waals surface area contributed by atoms with Gasteiger partial charge in [-0.2, -0.15) is 0 Å². The van der Waals surface area contributed by atoms with Crippen LogP contribution in [-0.4, -0.2) is 19.5 Å². The van der Waals surface area contributed by atoms with Gasteiger partial charge in [0.25, 0.3) is 0 Å². The summed E-state index contributed by atoms with van der Waals surface area (Å²) in [6.45, 7) is 11.2. The fourth-order valence-electron chi connectivity index (χ4n) is 3.86. The Morgan fingerprint density at radius 1 is 0.923 bits per heavy atom. The fraction of sp³-hybridized carbons (Fsp3) is 0.364. The molecule has 0 unspecified atom stereocenters. The molecule has 0 aliphatic rings. The standard InChI is InChI=1S/C22H26N4/c1-21(2,3)26-14-25-19-15(8-6-11-18(19)26)12-22(4,5)16-9-7-10-17-20(16)24-13-23-17/h6-11,13-14H,12H2,1-5H3,(H,23,24). The molecule has 0 aliphatic heterocycles. The maximum atomic E-state index is 4.76. The van der Waals surface area contributed by atoms with Gasteiger partial charge in [-0.25, -0.2) is 9.97 Å². The summed E-state index contributed by atoms with van der Waals surface area (Å²) in [6.07, 6.45) is 4.66. The van der Waals surface area contributed by atoms with Crippen molar-refractivity contribution in [2.24, 2.45) is 0 Å². The maximum Gasteiger partial charge on any atom is 0.0963 e. The van der Waals surface area contributed by atoms with E-state index in [9.17, 15) is 0 Å². The SMILES string of the molecule is CC(C)(Cc1cccc2c1ncn2C(C)(C)C)c1cccc2[nH]cnc12. The molecule has 0 fully saturated rings. The molecule has 2 heterocycles. The van der Waals surface area contributed by atoms with Gasteiger partial charge in [-0.05, 0) is 55.9 Å². The Kier molecular flexibility index (Phi) is 3.69. The number of hydrogen-bond acceptors (Lipinski definition) is 2. The molecule has 0 radical (unpaired) electrons. The van der Waals surface area contributed by atoms with Crippen LogP contribution in [-0.2, 0) is 17.4 Å². The van der Waals surface area contributed by atoms with E-state index in [1.54, 1.807) is 6.33 Å². The summed E-state index contributed by atoms with van der Waals surface area (Å²) in [6, 6.07) is 12.9. The van der Waals surface area contributed by atoms with Gasteiger partial charge in [-0.15, -0.1) is 0 Å².